The molecule has 0 bridgehead atoms. The van der Waals surface area contributed by atoms with Crippen LogP contribution in [0, 0.1) is 0 Å². The number of carbonyl (C=O) groups is 1. The Hall–Kier alpha value is -2.72. The van der Waals surface area contributed by atoms with Crippen LogP contribution in [0.3, 0.4) is 0 Å². The van der Waals surface area contributed by atoms with Crippen LogP contribution in [0.5, 0.6) is 0 Å². The Balaban J connectivity index is 1.66. The number of morpholine rings is 1. The molecule has 166 valence electrons. The molecule has 10 heteroatoms. The highest BCUT2D eigenvalue weighted by atomic mass is 32.2. The minimum absolute atomic E-state index is 0.108. The lowest BCUT2D eigenvalue weighted by atomic mass is 10.0. The van der Waals surface area contributed by atoms with Crippen molar-refractivity contribution >= 4 is 28.2 Å². The van der Waals surface area contributed by atoms with E-state index in [0.717, 1.165) is 43.0 Å². The SMILES string of the molecule is CCNC(=O)Nc1ccc(-c2nc(N3CCOCC3)cc(C3(C[SH](=O)=O)CC3)n2)cc1. The minimum atomic E-state index is -2.49. The summed E-state index contributed by atoms with van der Waals surface area (Å²) in [5, 5.41) is 5.46. The van der Waals surface area contributed by atoms with Crippen LogP contribution in [-0.4, -0.2) is 63.0 Å². The summed E-state index contributed by atoms with van der Waals surface area (Å²) in [5.41, 5.74) is 1.84. The molecular weight excluding hydrogens is 418 g/mol. The molecule has 2 N–H and O–H groups in total. The van der Waals surface area contributed by atoms with E-state index in [9.17, 15) is 13.2 Å². The van der Waals surface area contributed by atoms with Crippen molar-refractivity contribution in [1.82, 2.24) is 15.3 Å². The molecule has 1 aromatic heterocycles. The number of carbonyl (C=O) groups excluding carboxylic acids is 1. The number of thiol groups is 1. The molecule has 31 heavy (non-hydrogen) atoms. The molecule has 0 spiro atoms. The van der Waals surface area contributed by atoms with E-state index in [1.165, 1.54) is 0 Å². The van der Waals surface area contributed by atoms with Crippen LogP contribution in [0.15, 0.2) is 30.3 Å². The van der Waals surface area contributed by atoms with Gasteiger partial charge in [0.15, 0.2) is 5.82 Å². The fraction of sp³-hybridized carbons (Fsp3) is 0.476. The molecule has 0 atom stereocenters. The predicted octanol–water partition coefficient (Wildman–Crippen LogP) is 1.76. The van der Waals surface area contributed by atoms with E-state index < -0.39 is 16.1 Å². The molecule has 1 saturated carbocycles. The van der Waals surface area contributed by atoms with Crippen molar-refractivity contribution in [3.63, 3.8) is 0 Å². The van der Waals surface area contributed by atoms with Gasteiger partial charge in [-0.2, -0.15) is 0 Å². The third-order valence-electron chi connectivity index (χ3n) is 5.61. The molecule has 2 aliphatic rings. The molecular formula is C21H27N5O4S. The number of nitrogens with one attached hydrogen (secondary N) is 2. The molecule has 0 radical (unpaired) electrons. The maximum Gasteiger partial charge on any atom is 0.319 e. The molecule has 4 rings (SSSR count). The second kappa shape index (κ2) is 9.19. The van der Waals surface area contributed by atoms with E-state index in [0.29, 0.717) is 31.3 Å². The molecule has 0 unspecified atom stereocenters. The first kappa shape index (κ1) is 21.5. The summed E-state index contributed by atoms with van der Waals surface area (Å²) in [6.45, 7) is 5.13. The van der Waals surface area contributed by atoms with Crippen molar-refractivity contribution in [1.29, 1.82) is 0 Å². The topological polar surface area (TPSA) is 114 Å². The highest BCUT2D eigenvalue weighted by Gasteiger charge is 2.47. The fourth-order valence-corrected chi connectivity index (χ4v) is 4.69. The van der Waals surface area contributed by atoms with Crippen molar-refractivity contribution in [2.45, 2.75) is 25.2 Å². The summed E-state index contributed by atoms with van der Waals surface area (Å²) < 4.78 is 28.4. The van der Waals surface area contributed by atoms with Crippen LogP contribution < -0.4 is 15.5 Å². The van der Waals surface area contributed by atoms with E-state index in [1.807, 2.05) is 25.1 Å². The quantitative estimate of drug-likeness (QED) is 0.557. The lowest BCUT2D eigenvalue weighted by molar-refractivity contribution is 0.122. The zero-order valence-corrected chi connectivity index (χ0v) is 18.4. The van der Waals surface area contributed by atoms with Crippen LogP contribution in [0.25, 0.3) is 11.4 Å². The molecule has 1 aromatic carbocycles. The van der Waals surface area contributed by atoms with Gasteiger partial charge in [-0.3, -0.25) is 0 Å². The minimum Gasteiger partial charge on any atom is -0.378 e. The van der Waals surface area contributed by atoms with Crippen LogP contribution in [0.4, 0.5) is 16.3 Å². The van der Waals surface area contributed by atoms with Gasteiger partial charge in [-0.15, -0.1) is 0 Å². The zero-order chi connectivity index (χ0) is 21.8. The standard InChI is InChI=1S/C21H27N5O4S/c1-2-22-20(27)23-16-5-3-15(4-6-16)19-24-17(21(7-8-21)14-31(28)29)13-18(25-19)26-9-11-30-12-10-26/h3-6,13,31H,2,7-12,14H2,1H3,(H2,22,23,27). The van der Waals surface area contributed by atoms with Gasteiger partial charge in [-0.25, -0.2) is 23.2 Å². The lowest BCUT2D eigenvalue weighted by Crippen LogP contribution is -2.37. The van der Waals surface area contributed by atoms with Gasteiger partial charge in [0.25, 0.3) is 0 Å². The van der Waals surface area contributed by atoms with Gasteiger partial charge in [0.1, 0.15) is 16.5 Å². The first-order chi connectivity index (χ1) is 15.0. The van der Waals surface area contributed by atoms with E-state index in [1.54, 1.807) is 12.1 Å². The third kappa shape index (κ3) is 5.13. The second-order valence-electron chi connectivity index (χ2n) is 7.87. The van der Waals surface area contributed by atoms with E-state index >= 15 is 0 Å². The number of rotatable bonds is 7. The molecule has 2 heterocycles. The van der Waals surface area contributed by atoms with Crippen LogP contribution in [0.2, 0.25) is 0 Å². The van der Waals surface area contributed by atoms with Gasteiger partial charge >= 0.3 is 6.03 Å². The Morgan fingerprint density at radius 1 is 1.16 bits per heavy atom. The molecule has 1 aliphatic heterocycles. The van der Waals surface area contributed by atoms with Gasteiger partial charge in [0, 0.05) is 42.4 Å². The number of hydrogen-bond acceptors (Lipinski definition) is 7. The molecule has 1 saturated heterocycles. The zero-order valence-electron chi connectivity index (χ0n) is 17.5. The van der Waals surface area contributed by atoms with E-state index in [2.05, 4.69) is 15.5 Å². The Labute approximate surface area is 183 Å². The Kier molecular flexibility index (Phi) is 6.38. The molecule has 2 aromatic rings. The first-order valence-electron chi connectivity index (χ1n) is 10.5. The number of aromatic nitrogens is 2. The molecule has 9 nitrogen and oxygen atoms in total. The Morgan fingerprint density at radius 3 is 2.48 bits per heavy atom. The summed E-state index contributed by atoms with van der Waals surface area (Å²) in [6.07, 6.45) is 1.62. The number of anilines is 2. The van der Waals surface area contributed by atoms with Gasteiger partial charge < -0.3 is 20.3 Å². The predicted molar refractivity (Wildman–Crippen MR) is 119 cm³/mol. The van der Waals surface area contributed by atoms with Crippen molar-refractivity contribution in [3.05, 3.63) is 36.0 Å². The number of urea groups is 1. The van der Waals surface area contributed by atoms with Crippen LogP contribution in [0.1, 0.15) is 25.5 Å². The highest BCUT2D eigenvalue weighted by Crippen LogP contribution is 2.48. The molecule has 2 fully saturated rings. The van der Waals surface area contributed by atoms with E-state index in [4.69, 9.17) is 14.7 Å². The number of benzene rings is 1. The second-order valence-corrected chi connectivity index (χ2v) is 8.85. The summed E-state index contributed by atoms with van der Waals surface area (Å²) in [4.78, 5) is 23.4. The summed E-state index contributed by atoms with van der Waals surface area (Å²) in [5.74, 6) is 1.45. The summed E-state index contributed by atoms with van der Waals surface area (Å²) in [6, 6.07) is 9.00. The smallest absolute Gasteiger partial charge is 0.319 e. The average molecular weight is 446 g/mol. The van der Waals surface area contributed by atoms with Crippen molar-refractivity contribution < 1.29 is 17.9 Å². The monoisotopic (exact) mass is 445 g/mol. The maximum atomic E-state index is 11.7. The lowest BCUT2D eigenvalue weighted by Gasteiger charge is -2.29. The van der Waals surface area contributed by atoms with Crippen molar-refractivity contribution in [3.8, 4) is 11.4 Å². The fourth-order valence-electron chi connectivity index (χ4n) is 3.72. The first-order valence-corrected chi connectivity index (χ1v) is 11.8. The number of ether oxygens (including phenoxy) is 1. The Bertz CT molecular complexity index is 1010. The van der Waals surface area contributed by atoms with Crippen LogP contribution >= 0.6 is 0 Å². The molecule has 1 aliphatic carbocycles. The average Bonchev–Trinajstić information content (AvgIpc) is 3.55. The van der Waals surface area contributed by atoms with Crippen LogP contribution in [-0.2, 0) is 20.9 Å². The molecule has 2 amide bonds. The van der Waals surface area contributed by atoms with Gasteiger partial charge in [-0.1, -0.05) is 0 Å². The van der Waals surface area contributed by atoms with Gasteiger partial charge in [-0.05, 0) is 44.0 Å². The number of hydrogen-bond donors (Lipinski definition) is 3. The summed E-state index contributed by atoms with van der Waals surface area (Å²) in [7, 11) is -2.49. The van der Waals surface area contributed by atoms with Crippen molar-refractivity contribution in [2.75, 3.05) is 48.8 Å². The third-order valence-corrected chi connectivity index (χ3v) is 6.48. The number of nitrogens with zero attached hydrogens (tertiary/aromatic N) is 3. The Morgan fingerprint density at radius 2 is 1.87 bits per heavy atom. The highest BCUT2D eigenvalue weighted by molar-refractivity contribution is 7.72. The normalized spacial score (nSPS) is 17.4. The largest absolute Gasteiger partial charge is 0.378 e. The van der Waals surface area contributed by atoms with Gasteiger partial charge in [0.05, 0.1) is 24.7 Å². The summed E-state index contributed by atoms with van der Waals surface area (Å²) >= 11 is 0. The number of amides is 2. The maximum absolute atomic E-state index is 11.7. The van der Waals surface area contributed by atoms with Crippen molar-refractivity contribution in [2.24, 2.45) is 0 Å². The van der Waals surface area contributed by atoms with E-state index in [-0.39, 0.29) is 11.8 Å². The van der Waals surface area contributed by atoms with Gasteiger partial charge in [0.2, 0.25) is 0 Å².